The Kier molecular flexibility index (Phi) is 8.00. The van der Waals surface area contributed by atoms with Crippen LogP contribution in [0.15, 0.2) is 41.1 Å². The number of H-pyrrole nitrogens is 1. The molecule has 3 N–H and O–H groups in total. The summed E-state index contributed by atoms with van der Waals surface area (Å²) >= 11 is 0. The van der Waals surface area contributed by atoms with Gasteiger partial charge in [-0.15, -0.1) is 0 Å². The number of hydrogen-bond acceptors (Lipinski definition) is 6. The van der Waals surface area contributed by atoms with Gasteiger partial charge in [0, 0.05) is 18.7 Å². The van der Waals surface area contributed by atoms with E-state index in [1.807, 2.05) is 6.92 Å². The van der Waals surface area contributed by atoms with Crippen molar-refractivity contribution >= 4 is 17.7 Å². The topological polar surface area (TPSA) is 133 Å². The SMILES string of the molecule is Cc1cc(C(=O)N[C@@H](CC(=O)N2CCCC[C@@H]2C)C(=O)N[C@@H](C)c2ncc(-c3ccc(F)cc3)[nH]2)no1. The highest BCUT2D eigenvalue weighted by Gasteiger charge is 2.31. The van der Waals surface area contributed by atoms with E-state index < -0.39 is 23.9 Å². The molecule has 196 valence electrons. The molecule has 4 rings (SSSR count). The Labute approximate surface area is 214 Å². The third-order valence-corrected chi connectivity index (χ3v) is 6.50. The van der Waals surface area contributed by atoms with Crippen LogP contribution in [0.4, 0.5) is 4.39 Å². The van der Waals surface area contributed by atoms with E-state index in [4.69, 9.17) is 4.52 Å². The number of imidazole rings is 1. The van der Waals surface area contributed by atoms with Gasteiger partial charge in [0.1, 0.15) is 23.4 Å². The average molecular weight is 511 g/mol. The van der Waals surface area contributed by atoms with Gasteiger partial charge >= 0.3 is 0 Å². The van der Waals surface area contributed by atoms with Crippen LogP contribution in [0.5, 0.6) is 0 Å². The van der Waals surface area contributed by atoms with Gasteiger partial charge in [-0.3, -0.25) is 14.4 Å². The van der Waals surface area contributed by atoms with Crippen LogP contribution in [0, 0.1) is 12.7 Å². The standard InChI is InChI=1S/C26H31FN6O4/c1-15-6-4-5-11-33(15)23(34)13-20(31-26(36)21-12-16(2)37-32-21)25(35)29-17(3)24-28-14-22(30-24)18-7-9-19(27)10-8-18/h7-10,12,14-15,17,20H,4-6,11,13H2,1-3H3,(H,28,30)(H,29,35)(H,31,36)/t15-,17-,20-/m0/s1. The van der Waals surface area contributed by atoms with E-state index in [9.17, 15) is 18.8 Å². The summed E-state index contributed by atoms with van der Waals surface area (Å²) in [5.74, 6) is -0.757. The van der Waals surface area contributed by atoms with Crippen LogP contribution < -0.4 is 10.6 Å². The van der Waals surface area contributed by atoms with E-state index in [-0.39, 0.29) is 29.9 Å². The molecule has 0 bridgehead atoms. The number of amides is 3. The lowest BCUT2D eigenvalue weighted by Gasteiger charge is -2.34. The van der Waals surface area contributed by atoms with Gasteiger partial charge in [-0.25, -0.2) is 9.37 Å². The van der Waals surface area contributed by atoms with Crippen molar-refractivity contribution in [2.24, 2.45) is 0 Å². The maximum absolute atomic E-state index is 13.3. The highest BCUT2D eigenvalue weighted by atomic mass is 19.1. The van der Waals surface area contributed by atoms with E-state index in [2.05, 4.69) is 25.8 Å². The number of aryl methyl sites for hydroxylation is 1. The minimum Gasteiger partial charge on any atom is -0.361 e. The summed E-state index contributed by atoms with van der Waals surface area (Å²) in [7, 11) is 0. The highest BCUT2D eigenvalue weighted by Crippen LogP contribution is 2.21. The van der Waals surface area contributed by atoms with Crippen LogP contribution in [-0.4, -0.2) is 56.4 Å². The molecular weight excluding hydrogens is 479 g/mol. The molecule has 0 saturated carbocycles. The van der Waals surface area contributed by atoms with Crippen LogP contribution in [0.25, 0.3) is 11.3 Å². The third-order valence-electron chi connectivity index (χ3n) is 6.50. The number of halogens is 1. The van der Waals surface area contributed by atoms with E-state index in [0.717, 1.165) is 24.8 Å². The second-order valence-electron chi connectivity index (χ2n) is 9.40. The smallest absolute Gasteiger partial charge is 0.274 e. The molecule has 3 aromatic rings. The van der Waals surface area contributed by atoms with Crippen molar-refractivity contribution in [3.63, 3.8) is 0 Å². The number of nitrogens with one attached hydrogen (secondary N) is 3. The maximum Gasteiger partial charge on any atom is 0.274 e. The quantitative estimate of drug-likeness (QED) is 0.426. The molecule has 0 radical (unpaired) electrons. The number of rotatable bonds is 8. The fourth-order valence-corrected chi connectivity index (χ4v) is 4.39. The largest absolute Gasteiger partial charge is 0.361 e. The van der Waals surface area contributed by atoms with Gasteiger partial charge in [-0.2, -0.15) is 0 Å². The summed E-state index contributed by atoms with van der Waals surface area (Å²) in [5.41, 5.74) is 1.43. The predicted molar refractivity (Wildman–Crippen MR) is 133 cm³/mol. The summed E-state index contributed by atoms with van der Waals surface area (Å²) in [5, 5.41) is 9.17. The van der Waals surface area contributed by atoms with Crippen LogP contribution >= 0.6 is 0 Å². The first-order valence-electron chi connectivity index (χ1n) is 12.4. The van der Waals surface area contributed by atoms with Crippen molar-refractivity contribution in [1.82, 2.24) is 30.7 Å². The molecule has 3 heterocycles. The molecule has 3 amide bonds. The number of aromatic nitrogens is 3. The number of nitrogens with zero attached hydrogens (tertiary/aromatic N) is 3. The van der Waals surface area contributed by atoms with Gasteiger partial charge in [-0.1, -0.05) is 5.16 Å². The predicted octanol–water partition coefficient (Wildman–Crippen LogP) is 3.28. The molecule has 0 spiro atoms. The zero-order valence-electron chi connectivity index (χ0n) is 21.1. The molecule has 3 atom stereocenters. The van der Waals surface area contributed by atoms with E-state index in [1.54, 1.807) is 37.1 Å². The molecule has 1 aliphatic rings. The van der Waals surface area contributed by atoms with Gasteiger partial charge in [-0.05, 0) is 69.9 Å². The van der Waals surface area contributed by atoms with Gasteiger partial charge in [0.25, 0.3) is 5.91 Å². The second kappa shape index (κ2) is 11.4. The minimum atomic E-state index is -1.12. The van der Waals surface area contributed by atoms with Gasteiger partial charge in [0.2, 0.25) is 11.8 Å². The Balaban J connectivity index is 1.47. The normalized spacial score (nSPS) is 17.2. The van der Waals surface area contributed by atoms with Crippen LogP contribution in [0.1, 0.15) is 67.6 Å². The zero-order chi connectivity index (χ0) is 26.5. The molecule has 1 aromatic carbocycles. The number of likely N-dealkylation sites (tertiary alicyclic amines) is 1. The number of benzene rings is 1. The first kappa shape index (κ1) is 26.1. The van der Waals surface area contributed by atoms with Crippen LogP contribution in [-0.2, 0) is 9.59 Å². The molecule has 11 heteroatoms. The Morgan fingerprint density at radius 2 is 1.97 bits per heavy atom. The Bertz CT molecular complexity index is 1250. The molecule has 2 aromatic heterocycles. The molecular formula is C26H31FN6O4. The van der Waals surface area contributed by atoms with Gasteiger partial charge in [0.15, 0.2) is 5.69 Å². The molecule has 0 unspecified atom stereocenters. The molecule has 1 aliphatic heterocycles. The van der Waals surface area contributed by atoms with Crippen LogP contribution in [0.3, 0.4) is 0 Å². The van der Waals surface area contributed by atoms with E-state index in [1.165, 1.54) is 18.2 Å². The van der Waals surface area contributed by atoms with Crippen molar-refractivity contribution < 1.29 is 23.3 Å². The molecule has 1 fully saturated rings. The van der Waals surface area contributed by atoms with Gasteiger partial charge in [0.05, 0.1) is 24.4 Å². The molecule has 1 saturated heterocycles. The summed E-state index contributed by atoms with van der Waals surface area (Å²) in [4.78, 5) is 48.4. The van der Waals surface area contributed by atoms with E-state index in [0.29, 0.717) is 23.8 Å². The number of carbonyl (C=O) groups is 3. The maximum atomic E-state index is 13.3. The lowest BCUT2D eigenvalue weighted by Crippen LogP contribution is -2.51. The van der Waals surface area contributed by atoms with Crippen molar-refractivity contribution in [2.75, 3.05) is 6.54 Å². The number of hydrogen-bond donors (Lipinski definition) is 3. The fraction of sp³-hybridized carbons (Fsp3) is 0.423. The minimum absolute atomic E-state index is 0.0251. The number of aromatic amines is 1. The lowest BCUT2D eigenvalue weighted by atomic mass is 10.0. The summed E-state index contributed by atoms with van der Waals surface area (Å²) < 4.78 is 18.2. The van der Waals surface area contributed by atoms with Gasteiger partial charge < -0.3 is 25.0 Å². The van der Waals surface area contributed by atoms with Crippen LogP contribution in [0.2, 0.25) is 0 Å². The summed E-state index contributed by atoms with van der Waals surface area (Å²) in [6.45, 7) is 6.00. The lowest BCUT2D eigenvalue weighted by molar-refractivity contribution is -0.137. The van der Waals surface area contributed by atoms with Crippen molar-refractivity contribution in [3.05, 3.63) is 59.6 Å². The average Bonchev–Trinajstić information content (AvgIpc) is 3.54. The number of piperidine rings is 1. The first-order valence-corrected chi connectivity index (χ1v) is 12.4. The zero-order valence-corrected chi connectivity index (χ0v) is 21.1. The molecule has 37 heavy (non-hydrogen) atoms. The Morgan fingerprint density at radius 3 is 2.65 bits per heavy atom. The monoisotopic (exact) mass is 510 g/mol. The highest BCUT2D eigenvalue weighted by molar-refractivity contribution is 5.97. The molecule has 0 aliphatic carbocycles. The van der Waals surface area contributed by atoms with Crippen molar-refractivity contribution in [3.8, 4) is 11.3 Å². The third kappa shape index (κ3) is 6.41. The fourth-order valence-electron chi connectivity index (χ4n) is 4.39. The Morgan fingerprint density at radius 1 is 1.22 bits per heavy atom. The van der Waals surface area contributed by atoms with E-state index >= 15 is 0 Å². The summed E-state index contributed by atoms with van der Waals surface area (Å²) in [6, 6.07) is 5.81. The number of carbonyl (C=O) groups excluding carboxylic acids is 3. The Hall–Kier alpha value is -4.02. The van der Waals surface area contributed by atoms with Crippen molar-refractivity contribution in [2.45, 2.75) is 64.6 Å². The second-order valence-corrected chi connectivity index (χ2v) is 9.40. The first-order chi connectivity index (χ1) is 17.7. The summed E-state index contributed by atoms with van der Waals surface area (Å²) in [6.07, 6.45) is 4.27. The molecule has 10 nitrogen and oxygen atoms in total. The van der Waals surface area contributed by atoms with Crippen molar-refractivity contribution in [1.29, 1.82) is 0 Å².